The van der Waals surface area contributed by atoms with E-state index in [1.807, 2.05) is 42.7 Å². The summed E-state index contributed by atoms with van der Waals surface area (Å²) in [5.74, 6) is 0.596. The van der Waals surface area contributed by atoms with Crippen LogP contribution in [0.4, 0.5) is 5.69 Å². The maximum Gasteiger partial charge on any atom is 0.307 e. The summed E-state index contributed by atoms with van der Waals surface area (Å²) in [4.78, 5) is 26.2. The molecular formula is C31H35N5O3. The summed E-state index contributed by atoms with van der Waals surface area (Å²) in [6, 6.07) is 18.5. The van der Waals surface area contributed by atoms with Crippen LogP contribution in [0, 0.1) is 6.92 Å². The average molecular weight is 526 g/mol. The number of nitrogens with zero attached hydrogens (tertiary/aromatic N) is 4. The number of hydrogen-bond acceptors (Lipinski definition) is 7. The first kappa shape index (κ1) is 25.4. The second kappa shape index (κ2) is 11.5. The molecule has 4 aromatic rings. The zero-order chi connectivity index (χ0) is 26.6. The van der Waals surface area contributed by atoms with Crippen molar-refractivity contribution in [2.24, 2.45) is 0 Å². The van der Waals surface area contributed by atoms with E-state index in [2.05, 4.69) is 56.3 Å². The normalized spacial score (nSPS) is 17.4. The summed E-state index contributed by atoms with van der Waals surface area (Å²) in [6.07, 6.45) is 7.52. The van der Waals surface area contributed by atoms with Gasteiger partial charge in [-0.05, 0) is 61.7 Å². The Kier molecular flexibility index (Phi) is 7.45. The lowest BCUT2D eigenvalue weighted by molar-refractivity contribution is 0.0876. The number of carbonyl (C=O) groups is 1. The highest BCUT2D eigenvalue weighted by molar-refractivity contribution is 5.92. The monoisotopic (exact) mass is 525 g/mol. The lowest BCUT2D eigenvalue weighted by Gasteiger charge is -2.33. The summed E-state index contributed by atoms with van der Waals surface area (Å²) in [5.41, 5.74) is 5.03. The summed E-state index contributed by atoms with van der Waals surface area (Å²) < 4.78 is 12.1. The highest BCUT2D eigenvalue weighted by atomic mass is 16.5. The first-order valence-corrected chi connectivity index (χ1v) is 13.9. The van der Waals surface area contributed by atoms with Crippen molar-refractivity contribution in [3.05, 3.63) is 84.0 Å². The molecule has 0 radical (unpaired) electrons. The lowest BCUT2D eigenvalue weighted by Crippen LogP contribution is -2.44. The van der Waals surface area contributed by atoms with E-state index in [1.165, 1.54) is 16.8 Å². The fourth-order valence-electron chi connectivity index (χ4n) is 5.48. The van der Waals surface area contributed by atoms with Gasteiger partial charge in [0, 0.05) is 75.8 Å². The molecule has 6 rings (SSSR count). The molecule has 202 valence electrons. The maximum atomic E-state index is 12.9. The highest BCUT2D eigenvalue weighted by Crippen LogP contribution is 2.27. The third-order valence-electron chi connectivity index (χ3n) is 7.78. The van der Waals surface area contributed by atoms with Crippen molar-refractivity contribution >= 4 is 22.7 Å². The van der Waals surface area contributed by atoms with Crippen molar-refractivity contribution < 1.29 is 13.9 Å². The molecule has 39 heavy (non-hydrogen) atoms. The van der Waals surface area contributed by atoms with E-state index in [4.69, 9.17) is 9.15 Å². The highest BCUT2D eigenvalue weighted by Gasteiger charge is 2.24. The molecule has 8 nitrogen and oxygen atoms in total. The summed E-state index contributed by atoms with van der Waals surface area (Å²) in [5, 5.41) is 3.11. The number of piperidine rings is 2. The predicted molar refractivity (Wildman–Crippen MR) is 151 cm³/mol. The smallest absolute Gasteiger partial charge is 0.307 e. The molecule has 0 unspecified atom stereocenters. The molecule has 8 heteroatoms. The zero-order valence-electron chi connectivity index (χ0n) is 22.4. The van der Waals surface area contributed by atoms with Gasteiger partial charge in [0.1, 0.15) is 17.4 Å². The van der Waals surface area contributed by atoms with Crippen LogP contribution in [0.25, 0.3) is 11.1 Å². The predicted octanol–water partition coefficient (Wildman–Crippen LogP) is 4.97. The third-order valence-corrected chi connectivity index (χ3v) is 7.78. The minimum absolute atomic E-state index is 0.104. The number of carbonyl (C=O) groups excluding carboxylic acids is 1. The van der Waals surface area contributed by atoms with Gasteiger partial charge in [-0.1, -0.05) is 17.7 Å². The Bertz CT molecular complexity index is 1390. The van der Waals surface area contributed by atoms with Crippen molar-refractivity contribution in [1.82, 2.24) is 20.2 Å². The Morgan fingerprint density at radius 3 is 2.46 bits per heavy atom. The number of oxazole rings is 1. The molecule has 0 atom stereocenters. The van der Waals surface area contributed by atoms with Crippen molar-refractivity contribution in [2.75, 3.05) is 31.1 Å². The molecule has 2 aliphatic heterocycles. The van der Waals surface area contributed by atoms with Gasteiger partial charge in [0.05, 0.1) is 0 Å². The van der Waals surface area contributed by atoms with E-state index >= 15 is 0 Å². The molecule has 0 aliphatic carbocycles. The number of pyridine rings is 1. The van der Waals surface area contributed by atoms with Gasteiger partial charge < -0.3 is 19.4 Å². The van der Waals surface area contributed by atoms with Gasteiger partial charge in [-0.2, -0.15) is 0 Å². The molecule has 0 bridgehead atoms. The first-order chi connectivity index (χ1) is 19.1. The Morgan fingerprint density at radius 1 is 0.974 bits per heavy atom. The second-order valence-electron chi connectivity index (χ2n) is 10.7. The van der Waals surface area contributed by atoms with Crippen LogP contribution in [0.3, 0.4) is 0 Å². The maximum absolute atomic E-state index is 12.9. The van der Waals surface area contributed by atoms with E-state index in [0.29, 0.717) is 11.1 Å². The molecule has 2 aromatic carbocycles. The van der Waals surface area contributed by atoms with Crippen LogP contribution in [0.5, 0.6) is 5.75 Å². The molecule has 0 saturated carbocycles. The molecule has 2 fully saturated rings. The molecule has 4 heterocycles. The average Bonchev–Trinajstić information content (AvgIpc) is 3.39. The van der Waals surface area contributed by atoms with Gasteiger partial charge in [0.25, 0.3) is 5.89 Å². The van der Waals surface area contributed by atoms with Gasteiger partial charge >= 0.3 is 5.91 Å². The number of amides is 1. The van der Waals surface area contributed by atoms with Crippen LogP contribution >= 0.6 is 0 Å². The summed E-state index contributed by atoms with van der Waals surface area (Å²) >= 11 is 0. The number of nitrogens with one attached hydrogen (secondary N) is 1. The minimum Gasteiger partial charge on any atom is -0.490 e. The Labute approximate surface area is 229 Å². The van der Waals surface area contributed by atoms with Gasteiger partial charge in [-0.25, -0.2) is 4.98 Å². The minimum atomic E-state index is -0.260. The largest absolute Gasteiger partial charge is 0.490 e. The fraction of sp³-hybridized carbons (Fsp3) is 0.387. The van der Waals surface area contributed by atoms with E-state index in [0.717, 1.165) is 64.2 Å². The quantitative estimate of drug-likeness (QED) is 0.365. The summed E-state index contributed by atoms with van der Waals surface area (Å²) in [6.45, 7) is 6.82. The molecule has 2 saturated heterocycles. The second-order valence-corrected chi connectivity index (χ2v) is 10.7. The summed E-state index contributed by atoms with van der Waals surface area (Å²) in [7, 11) is 0. The number of ether oxygens (including phenoxy) is 1. The van der Waals surface area contributed by atoms with Crippen LogP contribution in [-0.2, 0) is 6.54 Å². The van der Waals surface area contributed by atoms with Crippen molar-refractivity contribution in [1.29, 1.82) is 0 Å². The Hall–Kier alpha value is -3.91. The Balaban J connectivity index is 0.999. The van der Waals surface area contributed by atoms with E-state index in [1.54, 1.807) is 0 Å². The number of rotatable bonds is 7. The molecule has 1 N–H and O–H groups in total. The molecule has 1 amide bonds. The van der Waals surface area contributed by atoms with Crippen LogP contribution in [-0.4, -0.2) is 59.1 Å². The number of aryl methyl sites for hydroxylation is 1. The number of likely N-dealkylation sites (tertiary alicyclic amines) is 1. The van der Waals surface area contributed by atoms with Crippen LogP contribution in [0.15, 0.2) is 71.4 Å². The molecule has 2 aliphatic rings. The van der Waals surface area contributed by atoms with Gasteiger partial charge in [-0.3, -0.25) is 14.7 Å². The van der Waals surface area contributed by atoms with Crippen LogP contribution in [0.1, 0.15) is 47.5 Å². The van der Waals surface area contributed by atoms with E-state index in [9.17, 15) is 4.79 Å². The number of fused-ring (bicyclic) bond motifs is 1. The standard InChI is InChI=1S/C31H35N5O3/c1-22-2-4-25(5-3-22)36-18-12-26(13-19-36)38-27-6-7-28-29(20-27)39-31(34-28)30(37)33-24-10-16-35(17-11-24)21-23-8-14-32-15-9-23/h2-9,14-15,20,24,26H,10-13,16-19,21H2,1H3,(H,33,37). The zero-order valence-corrected chi connectivity index (χ0v) is 22.4. The van der Waals surface area contributed by atoms with Crippen molar-refractivity contribution in [3.63, 3.8) is 0 Å². The SMILES string of the molecule is Cc1ccc(N2CCC(Oc3ccc4nc(C(=O)NC5CCN(Cc6ccncc6)CC5)oc4c3)CC2)cc1. The van der Waals surface area contributed by atoms with Gasteiger partial charge in [-0.15, -0.1) is 0 Å². The molecule has 2 aromatic heterocycles. The van der Waals surface area contributed by atoms with E-state index in [-0.39, 0.29) is 23.9 Å². The number of anilines is 1. The molecular weight excluding hydrogens is 490 g/mol. The van der Waals surface area contributed by atoms with Gasteiger partial charge in [0.2, 0.25) is 0 Å². The Morgan fingerprint density at radius 2 is 1.72 bits per heavy atom. The van der Waals surface area contributed by atoms with Crippen LogP contribution in [0.2, 0.25) is 0 Å². The topological polar surface area (TPSA) is 83.7 Å². The lowest BCUT2D eigenvalue weighted by atomic mass is 10.0. The number of benzene rings is 2. The third kappa shape index (κ3) is 6.23. The van der Waals surface area contributed by atoms with Crippen molar-refractivity contribution in [3.8, 4) is 5.75 Å². The molecule has 0 spiro atoms. The number of aromatic nitrogens is 2. The van der Waals surface area contributed by atoms with Crippen molar-refractivity contribution in [2.45, 2.75) is 51.3 Å². The first-order valence-electron chi connectivity index (χ1n) is 13.9. The number of hydrogen-bond donors (Lipinski definition) is 1. The van der Waals surface area contributed by atoms with E-state index < -0.39 is 0 Å². The van der Waals surface area contributed by atoms with Crippen LogP contribution < -0.4 is 15.0 Å². The fourth-order valence-corrected chi connectivity index (χ4v) is 5.48. The van der Waals surface area contributed by atoms with Gasteiger partial charge in [0.15, 0.2) is 5.58 Å².